The quantitative estimate of drug-likeness (QED) is 0.676. The fourth-order valence-electron chi connectivity index (χ4n) is 2.23. The van der Waals surface area contributed by atoms with Gasteiger partial charge in [-0.15, -0.1) is 0 Å². The van der Waals surface area contributed by atoms with Crippen molar-refractivity contribution in [3.05, 3.63) is 40.3 Å². The minimum Gasteiger partial charge on any atom is -0.480 e. The van der Waals surface area contributed by atoms with Gasteiger partial charge < -0.3 is 5.11 Å². The lowest BCUT2D eigenvalue weighted by Crippen LogP contribution is -2.47. The number of rotatable bonds is 4. The van der Waals surface area contributed by atoms with Gasteiger partial charge in [0.2, 0.25) is 0 Å². The van der Waals surface area contributed by atoms with Gasteiger partial charge >= 0.3 is 5.97 Å². The number of hydrogen-bond acceptors (Lipinski definition) is 4. The molecule has 0 radical (unpaired) electrons. The van der Waals surface area contributed by atoms with Crippen LogP contribution in [0.5, 0.6) is 0 Å². The van der Waals surface area contributed by atoms with Crippen molar-refractivity contribution in [2.45, 2.75) is 26.8 Å². The van der Waals surface area contributed by atoms with E-state index in [4.69, 9.17) is 12.2 Å². The number of carboxylic acid groups (broad SMARTS) is 1. The predicted molar refractivity (Wildman–Crippen MR) is 92.5 cm³/mol. The summed E-state index contributed by atoms with van der Waals surface area (Å²) in [7, 11) is 0. The van der Waals surface area contributed by atoms with E-state index in [1.54, 1.807) is 19.9 Å². The van der Waals surface area contributed by atoms with Gasteiger partial charge in [-0.05, 0) is 24.5 Å². The van der Waals surface area contributed by atoms with Gasteiger partial charge in [-0.25, -0.2) is 4.79 Å². The molecule has 0 aromatic heterocycles. The minimum atomic E-state index is -1.04. The molecule has 1 fully saturated rings. The number of benzene rings is 1. The molecule has 0 unspecified atom stereocenters. The number of aryl methyl sites for hydroxylation is 1. The highest BCUT2D eigenvalue weighted by atomic mass is 32.2. The highest BCUT2D eigenvalue weighted by Gasteiger charge is 2.41. The van der Waals surface area contributed by atoms with Crippen molar-refractivity contribution < 1.29 is 14.7 Å². The van der Waals surface area contributed by atoms with Crippen molar-refractivity contribution in [3.63, 3.8) is 0 Å². The molecule has 0 spiro atoms. The van der Waals surface area contributed by atoms with E-state index in [1.807, 2.05) is 31.2 Å². The molecule has 1 aliphatic heterocycles. The van der Waals surface area contributed by atoms with E-state index in [9.17, 15) is 14.7 Å². The number of thiocarbonyl (C=S) groups is 1. The molecule has 2 rings (SSSR count). The zero-order valence-corrected chi connectivity index (χ0v) is 14.2. The van der Waals surface area contributed by atoms with E-state index in [0.717, 1.165) is 22.9 Å². The second-order valence-electron chi connectivity index (χ2n) is 5.49. The van der Waals surface area contributed by atoms with Crippen molar-refractivity contribution in [2.24, 2.45) is 5.92 Å². The summed E-state index contributed by atoms with van der Waals surface area (Å²) in [4.78, 5) is 25.6. The Labute approximate surface area is 139 Å². The topological polar surface area (TPSA) is 57.6 Å². The first-order valence-corrected chi connectivity index (χ1v) is 8.10. The maximum Gasteiger partial charge on any atom is 0.327 e. The molecule has 4 nitrogen and oxygen atoms in total. The molecule has 22 heavy (non-hydrogen) atoms. The zero-order valence-electron chi connectivity index (χ0n) is 12.6. The number of nitrogens with zero attached hydrogens (tertiary/aromatic N) is 1. The largest absolute Gasteiger partial charge is 0.480 e. The third kappa shape index (κ3) is 3.39. The molecular formula is C16H17NO3S2. The molecule has 1 aromatic rings. The Kier molecular flexibility index (Phi) is 5.03. The lowest BCUT2D eigenvalue weighted by molar-refractivity contribution is -0.146. The summed E-state index contributed by atoms with van der Waals surface area (Å²) < 4.78 is 0.296. The molecule has 1 heterocycles. The van der Waals surface area contributed by atoms with Crippen LogP contribution in [-0.2, 0) is 9.59 Å². The summed E-state index contributed by atoms with van der Waals surface area (Å²) in [5.41, 5.74) is 2.03. The van der Waals surface area contributed by atoms with Crippen LogP contribution in [0.2, 0.25) is 0 Å². The van der Waals surface area contributed by atoms with Gasteiger partial charge in [0.1, 0.15) is 10.4 Å². The fraction of sp³-hybridized carbons (Fsp3) is 0.312. The second-order valence-corrected chi connectivity index (χ2v) is 7.17. The van der Waals surface area contributed by atoms with Crippen LogP contribution in [0.25, 0.3) is 6.08 Å². The Balaban J connectivity index is 2.32. The van der Waals surface area contributed by atoms with Crippen molar-refractivity contribution in [2.75, 3.05) is 0 Å². The summed E-state index contributed by atoms with van der Waals surface area (Å²) >= 11 is 6.36. The Morgan fingerprint density at radius 2 is 1.91 bits per heavy atom. The predicted octanol–water partition coefficient (Wildman–Crippen LogP) is 3.31. The number of thioether (sulfide) groups is 1. The molecule has 1 aliphatic rings. The van der Waals surface area contributed by atoms with Crippen LogP contribution in [0.4, 0.5) is 0 Å². The summed E-state index contributed by atoms with van der Waals surface area (Å²) in [5, 5.41) is 9.36. The van der Waals surface area contributed by atoms with Crippen LogP contribution in [0.1, 0.15) is 25.0 Å². The highest BCUT2D eigenvalue weighted by Crippen LogP contribution is 2.35. The molecule has 0 aliphatic carbocycles. The molecular weight excluding hydrogens is 318 g/mol. The van der Waals surface area contributed by atoms with Crippen molar-refractivity contribution in [3.8, 4) is 0 Å². The molecule has 116 valence electrons. The number of carboxylic acids is 1. The molecule has 0 saturated carbocycles. The summed E-state index contributed by atoms with van der Waals surface area (Å²) in [6.07, 6.45) is 1.75. The number of hydrogen-bond donors (Lipinski definition) is 1. The molecule has 6 heteroatoms. The average molecular weight is 335 g/mol. The maximum absolute atomic E-state index is 12.5. The van der Waals surface area contributed by atoms with Crippen molar-refractivity contribution in [1.82, 2.24) is 4.90 Å². The summed E-state index contributed by atoms with van der Waals surface area (Å²) in [6.45, 7) is 5.52. The molecule has 1 amide bonds. The van der Waals surface area contributed by atoms with Gasteiger partial charge in [-0.3, -0.25) is 9.69 Å². The lowest BCUT2D eigenvalue weighted by atomic mass is 10.0. The van der Waals surface area contributed by atoms with E-state index in [-0.39, 0.29) is 11.8 Å². The van der Waals surface area contributed by atoms with Gasteiger partial charge in [0.25, 0.3) is 5.91 Å². The Morgan fingerprint density at radius 3 is 2.41 bits per heavy atom. The Bertz CT molecular complexity index is 650. The van der Waals surface area contributed by atoms with E-state index in [0.29, 0.717) is 9.23 Å². The van der Waals surface area contributed by atoms with Crippen molar-refractivity contribution in [1.29, 1.82) is 0 Å². The van der Waals surface area contributed by atoms with Gasteiger partial charge in [0.05, 0.1) is 4.91 Å². The number of amides is 1. The smallest absolute Gasteiger partial charge is 0.327 e. The number of aliphatic carboxylic acids is 1. The third-order valence-corrected chi connectivity index (χ3v) is 4.69. The van der Waals surface area contributed by atoms with Crippen LogP contribution < -0.4 is 0 Å². The number of carbonyl (C=O) groups excluding carboxylic acids is 1. The SMILES string of the molecule is Cc1ccc(/C=C2/SC(=S)N([C@@H](C(=O)O)C(C)C)C2=O)cc1. The minimum absolute atomic E-state index is 0.223. The van der Waals surface area contributed by atoms with Crippen LogP contribution in [0.15, 0.2) is 29.2 Å². The van der Waals surface area contributed by atoms with Gasteiger partial charge in [0.15, 0.2) is 0 Å². The Hall–Kier alpha value is -1.66. The summed E-state index contributed by atoms with van der Waals surface area (Å²) in [5.74, 6) is -1.60. The molecule has 1 saturated heterocycles. The van der Waals surface area contributed by atoms with E-state index >= 15 is 0 Å². The van der Waals surface area contributed by atoms with E-state index in [1.165, 1.54) is 4.90 Å². The first kappa shape index (κ1) is 16.7. The van der Waals surface area contributed by atoms with Gasteiger partial charge in [0, 0.05) is 0 Å². The zero-order chi connectivity index (χ0) is 16.4. The van der Waals surface area contributed by atoms with Crippen molar-refractivity contribution >= 4 is 46.3 Å². The molecule has 0 bridgehead atoms. The molecule has 1 atom stereocenters. The van der Waals surface area contributed by atoms with E-state index < -0.39 is 12.0 Å². The first-order chi connectivity index (χ1) is 10.3. The van der Waals surface area contributed by atoms with Crippen LogP contribution in [-0.4, -0.2) is 32.2 Å². The fourth-order valence-corrected chi connectivity index (χ4v) is 3.56. The normalized spacial score (nSPS) is 18.4. The van der Waals surface area contributed by atoms with Gasteiger partial charge in [-0.2, -0.15) is 0 Å². The standard InChI is InChI=1S/C16H17NO3S2/c1-9(2)13(15(19)20)17-14(18)12(22-16(17)21)8-11-6-4-10(3)5-7-11/h4-9,13H,1-3H3,(H,19,20)/b12-8+/t13-/m1/s1. The van der Waals surface area contributed by atoms with Crippen LogP contribution in [0, 0.1) is 12.8 Å². The first-order valence-electron chi connectivity index (χ1n) is 6.88. The van der Waals surface area contributed by atoms with Gasteiger partial charge in [-0.1, -0.05) is 67.7 Å². The monoisotopic (exact) mass is 335 g/mol. The summed E-state index contributed by atoms with van der Waals surface area (Å²) in [6, 6.07) is 6.82. The number of carbonyl (C=O) groups is 2. The van der Waals surface area contributed by atoms with Crippen LogP contribution >= 0.6 is 24.0 Å². The second kappa shape index (κ2) is 6.62. The lowest BCUT2D eigenvalue weighted by Gasteiger charge is -2.26. The average Bonchev–Trinajstić information content (AvgIpc) is 2.69. The van der Waals surface area contributed by atoms with Crippen LogP contribution in [0.3, 0.4) is 0 Å². The molecule has 1 aromatic carbocycles. The van der Waals surface area contributed by atoms with E-state index in [2.05, 4.69) is 0 Å². The highest BCUT2D eigenvalue weighted by molar-refractivity contribution is 8.26. The third-order valence-electron chi connectivity index (χ3n) is 3.36. The Morgan fingerprint density at radius 1 is 1.32 bits per heavy atom. The molecule has 1 N–H and O–H groups in total. The maximum atomic E-state index is 12.5.